The molecule has 0 radical (unpaired) electrons. The SMILES string of the molecule is COc1[c-]cc2nccc(Oc3ccc(NI)cc3I)c2c1.[CH3-].[U+2]. The number of nitrogens with one attached hydrogen (secondary N) is 1. The van der Waals surface area contributed by atoms with E-state index in [4.69, 9.17) is 9.47 Å². The maximum Gasteiger partial charge on any atom is 2.00 e. The second-order valence-electron chi connectivity index (χ2n) is 4.45. The molecule has 0 spiro atoms. The van der Waals surface area contributed by atoms with Gasteiger partial charge in [0.15, 0.2) is 0 Å². The van der Waals surface area contributed by atoms with Crippen LogP contribution < -0.4 is 13.0 Å². The number of benzene rings is 2. The molecular formula is C17H14I2N2O2U. The first-order chi connectivity index (χ1) is 10.7. The van der Waals surface area contributed by atoms with E-state index in [-0.39, 0.29) is 38.5 Å². The van der Waals surface area contributed by atoms with E-state index in [1.165, 1.54) is 0 Å². The fourth-order valence-corrected chi connectivity index (χ4v) is 2.97. The molecule has 0 bridgehead atoms. The number of aromatic nitrogens is 1. The van der Waals surface area contributed by atoms with Crippen molar-refractivity contribution in [3.8, 4) is 17.2 Å². The van der Waals surface area contributed by atoms with Crippen molar-refractivity contribution in [1.29, 1.82) is 0 Å². The fourth-order valence-electron chi connectivity index (χ4n) is 2.01. The molecule has 0 amide bonds. The number of anilines is 1. The summed E-state index contributed by atoms with van der Waals surface area (Å²) in [4.78, 5) is 4.33. The van der Waals surface area contributed by atoms with Gasteiger partial charge in [0.25, 0.3) is 0 Å². The van der Waals surface area contributed by atoms with Gasteiger partial charge in [-0.2, -0.15) is 0 Å². The van der Waals surface area contributed by atoms with Crippen LogP contribution in [0.25, 0.3) is 10.9 Å². The summed E-state index contributed by atoms with van der Waals surface area (Å²) in [5.74, 6) is 2.20. The number of rotatable bonds is 4. The Labute approximate surface area is 193 Å². The van der Waals surface area contributed by atoms with E-state index in [1.54, 1.807) is 19.4 Å². The van der Waals surface area contributed by atoms with Crippen molar-refractivity contribution in [2.75, 3.05) is 10.6 Å². The van der Waals surface area contributed by atoms with E-state index < -0.39 is 0 Å². The van der Waals surface area contributed by atoms with Crippen LogP contribution in [0, 0.1) is 48.2 Å². The molecule has 0 fully saturated rings. The minimum Gasteiger partial charge on any atom is -0.523 e. The quantitative estimate of drug-likeness (QED) is 0.212. The Bertz CT molecular complexity index is 831. The van der Waals surface area contributed by atoms with Crippen LogP contribution in [0.1, 0.15) is 0 Å². The second kappa shape index (κ2) is 10.0. The molecule has 0 aliphatic carbocycles. The van der Waals surface area contributed by atoms with Crippen molar-refractivity contribution in [3.63, 3.8) is 0 Å². The summed E-state index contributed by atoms with van der Waals surface area (Å²) in [5.41, 5.74) is 1.85. The largest absolute Gasteiger partial charge is 2.00 e. The average Bonchev–Trinajstić information content (AvgIpc) is 2.56. The fraction of sp³-hybridized carbons (Fsp3) is 0.0588. The standard InChI is InChI=1S/C16H11I2N2O2.CH3.U/c1-21-11-3-4-14-12(9-11)15(6-7-19-14)22-16-5-2-10(20-18)8-13(16)17;;/h2,4-9,20H,1H3;1H3;/q2*-1;+2. The van der Waals surface area contributed by atoms with Gasteiger partial charge in [0.1, 0.15) is 11.5 Å². The first kappa shape index (κ1) is 21.8. The summed E-state index contributed by atoms with van der Waals surface area (Å²) in [7, 11) is 1.62. The van der Waals surface area contributed by atoms with Crippen molar-refractivity contribution < 1.29 is 40.6 Å². The van der Waals surface area contributed by atoms with Crippen LogP contribution >= 0.6 is 45.5 Å². The van der Waals surface area contributed by atoms with Gasteiger partial charge in [0, 0.05) is 17.6 Å². The van der Waals surface area contributed by atoms with Gasteiger partial charge in [-0.15, -0.1) is 18.2 Å². The predicted molar refractivity (Wildman–Crippen MR) is 110 cm³/mol. The number of hydrogen-bond acceptors (Lipinski definition) is 4. The van der Waals surface area contributed by atoms with Crippen molar-refractivity contribution >= 4 is 62.0 Å². The zero-order chi connectivity index (χ0) is 15.5. The third-order valence-electron chi connectivity index (χ3n) is 3.09. The van der Waals surface area contributed by atoms with Gasteiger partial charge in [0.05, 0.1) is 33.5 Å². The number of methoxy groups -OCH3 is 1. The van der Waals surface area contributed by atoms with Gasteiger partial charge in [-0.1, -0.05) is 5.39 Å². The van der Waals surface area contributed by atoms with E-state index in [1.807, 2.05) is 30.3 Å². The van der Waals surface area contributed by atoms with Crippen molar-refractivity contribution in [1.82, 2.24) is 4.98 Å². The van der Waals surface area contributed by atoms with Crippen molar-refractivity contribution in [2.45, 2.75) is 0 Å². The molecule has 0 aliphatic rings. The normalized spacial score (nSPS) is 9.62. The predicted octanol–water partition coefficient (Wildman–Crippen LogP) is 5.65. The van der Waals surface area contributed by atoms with Crippen LogP contribution in [0.15, 0.2) is 42.6 Å². The van der Waals surface area contributed by atoms with Gasteiger partial charge >= 0.3 is 31.1 Å². The molecule has 0 saturated heterocycles. The Morgan fingerprint density at radius 3 is 2.62 bits per heavy atom. The monoisotopic (exact) mass is 770 g/mol. The van der Waals surface area contributed by atoms with Crippen molar-refractivity contribution in [2.24, 2.45) is 0 Å². The van der Waals surface area contributed by atoms with Gasteiger partial charge in [-0.05, 0) is 52.4 Å². The Morgan fingerprint density at radius 2 is 1.96 bits per heavy atom. The van der Waals surface area contributed by atoms with E-state index in [0.29, 0.717) is 5.75 Å². The summed E-state index contributed by atoms with van der Waals surface area (Å²) >= 11 is 4.36. The van der Waals surface area contributed by atoms with Crippen LogP contribution in [0.5, 0.6) is 17.2 Å². The van der Waals surface area contributed by atoms with Crippen molar-refractivity contribution in [3.05, 3.63) is 59.7 Å². The van der Waals surface area contributed by atoms with Gasteiger partial charge < -0.3 is 25.4 Å². The number of hydrogen-bond donors (Lipinski definition) is 1. The Hall–Kier alpha value is -0.238. The van der Waals surface area contributed by atoms with E-state index in [0.717, 1.165) is 31.7 Å². The number of ether oxygens (including phenoxy) is 2. The second-order valence-corrected chi connectivity index (χ2v) is 6.15. The molecule has 24 heavy (non-hydrogen) atoms. The first-order valence-electron chi connectivity index (χ1n) is 6.40. The molecule has 3 rings (SSSR count). The number of halogens is 2. The van der Waals surface area contributed by atoms with E-state index in [9.17, 15) is 0 Å². The van der Waals surface area contributed by atoms with Gasteiger partial charge in [-0.25, -0.2) is 0 Å². The zero-order valence-electron chi connectivity index (χ0n) is 13.1. The molecule has 0 saturated carbocycles. The molecule has 4 nitrogen and oxygen atoms in total. The Morgan fingerprint density at radius 1 is 1.17 bits per heavy atom. The van der Waals surface area contributed by atoms with Crippen LogP contribution in [0.3, 0.4) is 0 Å². The van der Waals surface area contributed by atoms with Crippen LogP contribution in [-0.4, -0.2) is 12.1 Å². The molecule has 2 aromatic carbocycles. The molecule has 0 atom stereocenters. The summed E-state index contributed by atoms with van der Waals surface area (Å²) in [6, 6.07) is 14.5. The molecule has 1 heterocycles. The topological polar surface area (TPSA) is 43.4 Å². The number of fused-ring (bicyclic) bond motifs is 1. The van der Waals surface area contributed by atoms with E-state index >= 15 is 0 Å². The van der Waals surface area contributed by atoms with Crippen LogP contribution in [-0.2, 0) is 0 Å². The Balaban J connectivity index is 0.00000144. The summed E-state index contributed by atoms with van der Waals surface area (Å²) < 4.78 is 15.4. The molecule has 1 aromatic heterocycles. The van der Waals surface area contributed by atoms with Crippen LogP contribution in [0.2, 0.25) is 0 Å². The van der Waals surface area contributed by atoms with Crippen LogP contribution in [0.4, 0.5) is 5.69 Å². The number of nitrogens with zero attached hydrogens (tertiary/aromatic N) is 1. The molecular weight excluding hydrogens is 756 g/mol. The third kappa shape index (κ3) is 4.90. The molecule has 0 aliphatic heterocycles. The molecule has 7 heteroatoms. The summed E-state index contributed by atoms with van der Waals surface area (Å²) in [5, 5.41) is 0.894. The molecule has 122 valence electrons. The van der Waals surface area contributed by atoms with Gasteiger partial charge in [-0.3, -0.25) is 0 Å². The maximum atomic E-state index is 6.07. The molecule has 1 N–H and O–H groups in total. The maximum absolute atomic E-state index is 6.07. The first-order valence-corrected chi connectivity index (χ1v) is 8.55. The number of pyridine rings is 1. The molecule has 0 unspecified atom stereocenters. The minimum absolute atomic E-state index is 0. The smallest absolute Gasteiger partial charge is 0.523 e. The van der Waals surface area contributed by atoms with Gasteiger partial charge in [0.2, 0.25) is 0 Å². The minimum atomic E-state index is 0. The summed E-state index contributed by atoms with van der Waals surface area (Å²) in [6.07, 6.45) is 1.73. The molecule has 3 aromatic rings. The zero-order valence-corrected chi connectivity index (χ0v) is 21.5. The van der Waals surface area contributed by atoms with E-state index in [2.05, 4.69) is 60.0 Å². The summed E-state index contributed by atoms with van der Waals surface area (Å²) in [6.45, 7) is 0. The average molecular weight is 770 g/mol. The Kier molecular flexibility index (Phi) is 9.12. The third-order valence-corrected chi connectivity index (χ3v) is 4.55.